The fraction of sp³-hybridized carbons (Fsp3) is 0.308. The van der Waals surface area contributed by atoms with E-state index in [1.165, 1.54) is 0 Å². The van der Waals surface area contributed by atoms with E-state index in [-0.39, 0.29) is 18.8 Å². The molecule has 20 heavy (non-hydrogen) atoms. The predicted octanol–water partition coefficient (Wildman–Crippen LogP) is 1.71. The average molecular weight is 343 g/mol. The summed E-state index contributed by atoms with van der Waals surface area (Å²) in [5.41, 5.74) is 4.94. The Morgan fingerprint density at radius 3 is 2.55 bits per heavy atom. The summed E-state index contributed by atoms with van der Waals surface area (Å²) < 4.78 is 0.756. The lowest BCUT2D eigenvalue weighted by atomic mass is 10.0. The maximum absolute atomic E-state index is 11.7. The fourth-order valence-corrected chi connectivity index (χ4v) is 1.97. The van der Waals surface area contributed by atoms with Gasteiger partial charge in [0.15, 0.2) is 0 Å². The first-order valence-electron chi connectivity index (χ1n) is 5.95. The molecule has 0 unspecified atom stereocenters. The third-order valence-electron chi connectivity index (χ3n) is 2.46. The maximum Gasteiger partial charge on any atom is 0.303 e. The molecule has 0 heterocycles. The predicted molar refractivity (Wildman–Crippen MR) is 75.8 cm³/mol. The number of hydrazine groups is 1. The number of halogens is 1. The van der Waals surface area contributed by atoms with Crippen molar-refractivity contribution in [1.29, 1.82) is 0 Å². The standard InChI is InChI=1S/C13H15BrN2O4/c1-8(6-12(18)19)5-11(17)15-16-13(20)9-3-2-4-10(14)7-9/h2-4,7-8H,5-6H2,1H3,(H,15,17)(H,16,20)(H,18,19)/t8-/m0/s1. The highest BCUT2D eigenvalue weighted by atomic mass is 79.9. The van der Waals surface area contributed by atoms with E-state index >= 15 is 0 Å². The number of hydrogen-bond acceptors (Lipinski definition) is 3. The Labute approximate surface area is 124 Å². The normalized spacial score (nSPS) is 11.5. The van der Waals surface area contributed by atoms with Gasteiger partial charge in [0.25, 0.3) is 5.91 Å². The van der Waals surface area contributed by atoms with E-state index in [2.05, 4.69) is 26.8 Å². The molecule has 0 radical (unpaired) electrons. The second kappa shape index (κ2) is 7.64. The minimum Gasteiger partial charge on any atom is -0.481 e. The Balaban J connectivity index is 2.41. The molecule has 0 bridgehead atoms. The van der Waals surface area contributed by atoms with E-state index in [4.69, 9.17) is 5.11 Å². The Kier molecular flexibility index (Phi) is 6.17. The molecule has 0 spiro atoms. The van der Waals surface area contributed by atoms with Gasteiger partial charge < -0.3 is 5.11 Å². The Bertz CT molecular complexity index is 519. The van der Waals surface area contributed by atoms with Gasteiger partial charge in [0.05, 0.1) is 0 Å². The quantitative estimate of drug-likeness (QED) is 0.710. The molecular weight excluding hydrogens is 328 g/mol. The monoisotopic (exact) mass is 342 g/mol. The van der Waals surface area contributed by atoms with Crippen LogP contribution in [0.4, 0.5) is 0 Å². The summed E-state index contributed by atoms with van der Waals surface area (Å²) in [5.74, 6) is -2.12. The first-order chi connectivity index (χ1) is 9.38. The van der Waals surface area contributed by atoms with Crippen LogP contribution < -0.4 is 10.9 Å². The number of amides is 2. The number of carbonyl (C=O) groups is 3. The van der Waals surface area contributed by atoms with Crippen molar-refractivity contribution in [1.82, 2.24) is 10.9 Å². The van der Waals surface area contributed by atoms with Gasteiger partial charge in [-0.2, -0.15) is 0 Å². The van der Waals surface area contributed by atoms with Crippen molar-refractivity contribution in [3.05, 3.63) is 34.3 Å². The van der Waals surface area contributed by atoms with E-state index in [1.807, 2.05) is 0 Å². The summed E-state index contributed by atoms with van der Waals surface area (Å²) in [7, 11) is 0. The summed E-state index contributed by atoms with van der Waals surface area (Å²) in [6.07, 6.45) is -0.0575. The van der Waals surface area contributed by atoms with Crippen LogP contribution in [0.2, 0.25) is 0 Å². The lowest BCUT2D eigenvalue weighted by Crippen LogP contribution is -2.42. The van der Waals surface area contributed by atoms with Crippen molar-refractivity contribution in [3.8, 4) is 0 Å². The number of carboxylic acids is 1. The lowest BCUT2D eigenvalue weighted by Gasteiger charge is -2.10. The van der Waals surface area contributed by atoms with Gasteiger partial charge in [-0.1, -0.05) is 28.9 Å². The Hall–Kier alpha value is -1.89. The zero-order valence-corrected chi connectivity index (χ0v) is 12.4. The maximum atomic E-state index is 11.7. The number of rotatable bonds is 5. The number of carboxylic acid groups (broad SMARTS) is 1. The summed E-state index contributed by atoms with van der Waals surface area (Å²) in [4.78, 5) is 33.7. The van der Waals surface area contributed by atoms with Crippen molar-refractivity contribution >= 4 is 33.7 Å². The van der Waals surface area contributed by atoms with Crippen molar-refractivity contribution in [2.75, 3.05) is 0 Å². The smallest absolute Gasteiger partial charge is 0.303 e. The fourth-order valence-electron chi connectivity index (χ4n) is 1.57. The third-order valence-corrected chi connectivity index (χ3v) is 2.95. The van der Waals surface area contributed by atoms with Gasteiger partial charge in [-0.15, -0.1) is 0 Å². The van der Waals surface area contributed by atoms with Gasteiger partial charge in [-0.05, 0) is 24.1 Å². The highest BCUT2D eigenvalue weighted by Crippen LogP contribution is 2.11. The van der Waals surface area contributed by atoms with Crippen molar-refractivity contribution in [2.24, 2.45) is 5.92 Å². The van der Waals surface area contributed by atoms with Gasteiger partial charge in [-0.3, -0.25) is 25.2 Å². The molecule has 0 aromatic heterocycles. The largest absolute Gasteiger partial charge is 0.481 e. The summed E-state index contributed by atoms with van der Waals surface area (Å²) in [6.45, 7) is 1.66. The number of nitrogens with one attached hydrogen (secondary N) is 2. The van der Waals surface area contributed by atoms with Crippen LogP contribution in [0.25, 0.3) is 0 Å². The molecule has 0 fully saturated rings. The van der Waals surface area contributed by atoms with Crippen molar-refractivity contribution in [3.63, 3.8) is 0 Å². The van der Waals surface area contributed by atoms with Crippen molar-refractivity contribution in [2.45, 2.75) is 19.8 Å². The van der Waals surface area contributed by atoms with E-state index < -0.39 is 17.8 Å². The zero-order chi connectivity index (χ0) is 15.1. The van der Waals surface area contributed by atoms with Crippen LogP contribution in [0.5, 0.6) is 0 Å². The molecule has 2 amide bonds. The SMILES string of the molecule is C[C@H](CC(=O)O)CC(=O)NNC(=O)c1cccc(Br)c1. The van der Waals surface area contributed by atoms with Gasteiger partial charge in [-0.25, -0.2) is 0 Å². The molecule has 7 heteroatoms. The number of carbonyl (C=O) groups excluding carboxylic acids is 2. The molecule has 108 valence electrons. The average Bonchev–Trinajstić information content (AvgIpc) is 2.34. The molecule has 6 nitrogen and oxygen atoms in total. The highest BCUT2D eigenvalue weighted by molar-refractivity contribution is 9.10. The highest BCUT2D eigenvalue weighted by Gasteiger charge is 2.13. The first-order valence-corrected chi connectivity index (χ1v) is 6.74. The lowest BCUT2D eigenvalue weighted by molar-refractivity contribution is -0.138. The molecule has 0 aliphatic rings. The van der Waals surface area contributed by atoms with Crippen LogP contribution in [0, 0.1) is 5.92 Å². The molecule has 1 aromatic rings. The number of aliphatic carboxylic acids is 1. The molecule has 0 aliphatic heterocycles. The van der Waals surface area contributed by atoms with Gasteiger partial charge in [0.2, 0.25) is 5.91 Å². The minimum atomic E-state index is -0.955. The van der Waals surface area contributed by atoms with E-state index in [0.29, 0.717) is 5.56 Å². The topological polar surface area (TPSA) is 95.5 Å². The zero-order valence-electron chi connectivity index (χ0n) is 10.9. The molecule has 0 saturated heterocycles. The summed E-state index contributed by atoms with van der Waals surface area (Å²) in [6, 6.07) is 6.71. The molecule has 1 atom stereocenters. The van der Waals surface area contributed by atoms with Crippen LogP contribution >= 0.6 is 15.9 Å². The van der Waals surface area contributed by atoms with Gasteiger partial charge in [0, 0.05) is 22.9 Å². The van der Waals surface area contributed by atoms with Gasteiger partial charge in [0.1, 0.15) is 0 Å². The van der Waals surface area contributed by atoms with Crippen molar-refractivity contribution < 1.29 is 19.5 Å². The molecule has 1 rings (SSSR count). The Morgan fingerprint density at radius 1 is 1.25 bits per heavy atom. The second-order valence-corrected chi connectivity index (χ2v) is 5.34. The van der Waals surface area contributed by atoms with Crippen LogP contribution in [-0.2, 0) is 9.59 Å². The molecular formula is C13H15BrN2O4. The van der Waals surface area contributed by atoms with Crippen LogP contribution in [-0.4, -0.2) is 22.9 Å². The first kappa shape index (κ1) is 16.2. The second-order valence-electron chi connectivity index (χ2n) is 4.42. The molecule has 0 saturated carbocycles. The van der Waals surface area contributed by atoms with Crippen LogP contribution in [0.3, 0.4) is 0 Å². The van der Waals surface area contributed by atoms with E-state index in [9.17, 15) is 14.4 Å². The number of hydrogen-bond donors (Lipinski definition) is 3. The van der Waals surface area contributed by atoms with Crippen LogP contribution in [0.15, 0.2) is 28.7 Å². The molecule has 3 N–H and O–H groups in total. The van der Waals surface area contributed by atoms with Gasteiger partial charge >= 0.3 is 5.97 Å². The van der Waals surface area contributed by atoms with E-state index in [0.717, 1.165) is 4.47 Å². The molecule has 1 aromatic carbocycles. The van der Waals surface area contributed by atoms with Crippen LogP contribution in [0.1, 0.15) is 30.1 Å². The van der Waals surface area contributed by atoms with E-state index in [1.54, 1.807) is 31.2 Å². The summed E-state index contributed by atoms with van der Waals surface area (Å²) >= 11 is 3.24. The minimum absolute atomic E-state index is 0.0328. The Morgan fingerprint density at radius 2 is 1.95 bits per heavy atom. The third kappa shape index (κ3) is 5.83. The number of benzene rings is 1. The molecule has 0 aliphatic carbocycles. The summed E-state index contributed by atoms with van der Waals surface area (Å²) in [5, 5.41) is 8.58.